The van der Waals surface area contributed by atoms with E-state index in [2.05, 4.69) is 5.32 Å². The van der Waals surface area contributed by atoms with Gasteiger partial charge in [0.25, 0.3) is 0 Å². The number of hydrogen-bond acceptors (Lipinski definition) is 5. The Morgan fingerprint density at radius 1 is 1.40 bits per heavy atom. The Morgan fingerprint density at radius 2 is 2.00 bits per heavy atom. The molecule has 1 aromatic carbocycles. The lowest BCUT2D eigenvalue weighted by molar-refractivity contribution is 0.0602. The molecule has 0 saturated heterocycles. The van der Waals surface area contributed by atoms with Gasteiger partial charge in [-0.05, 0) is 37.5 Å². The van der Waals surface area contributed by atoms with E-state index in [1.807, 2.05) is 26.8 Å². The molecule has 4 N–H and O–H groups in total. The van der Waals surface area contributed by atoms with E-state index in [4.69, 9.17) is 10.5 Å². The van der Waals surface area contributed by atoms with Crippen LogP contribution in [-0.2, 0) is 4.74 Å². The smallest absolute Gasteiger partial charge is 0.340 e. The molecule has 0 aliphatic heterocycles. The van der Waals surface area contributed by atoms with Gasteiger partial charge in [-0.1, -0.05) is 13.8 Å². The monoisotopic (exact) mass is 280 g/mol. The lowest BCUT2D eigenvalue weighted by atomic mass is 9.93. The highest BCUT2D eigenvalue weighted by molar-refractivity contribution is 5.97. The first-order valence-electron chi connectivity index (χ1n) is 6.80. The summed E-state index contributed by atoms with van der Waals surface area (Å²) in [7, 11) is 1.33. The normalized spacial score (nSPS) is 11.2. The van der Waals surface area contributed by atoms with E-state index in [9.17, 15) is 9.90 Å². The summed E-state index contributed by atoms with van der Waals surface area (Å²) in [5.41, 5.74) is 7.84. The molecule has 0 fully saturated rings. The van der Waals surface area contributed by atoms with Crippen LogP contribution in [0.4, 0.5) is 11.4 Å². The number of nitrogen functional groups attached to an aromatic ring is 1. The Bertz CT molecular complexity index is 474. The molecular formula is C15H24N2O3. The van der Waals surface area contributed by atoms with E-state index in [0.29, 0.717) is 11.3 Å². The van der Waals surface area contributed by atoms with Crippen LogP contribution in [0.2, 0.25) is 0 Å². The molecule has 1 rings (SSSR count). The van der Waals surface area contributed by atoms with Gasteiger partial charge in [0, 0.05) is 11.4 Å². The molecule has 0 atom stereocenters. The zero-order valence-corrected chi connectivity index (χ0v) is 12.6. The molecule has 0 bridgehead atoms. The zero-order chi connectivity index (χ0) is 15.3. The van der Waals surface area contributed by atoms with Gasteiger partial charge in [-0.3, -0.25) is 0 Å². The summed E-state index contributed by atoms with van der Waals surface area (Å²) in [5, 5.41) is 12.9. The molecule has 0 amide bonds. The van der Waals surface area contributed by atoms with Crippen molar-refractivity contribution in [1.29, 1.82) is 0 Å². The van der Waals surface area contributed by atoms with E-state index in [0.717, 1.165) is 24.1 Å². The maximum atomic E-state index is 11.7. The van der Waals surface area contributed by atoms with Gasteiger partial charge in [0.2, 0.25) is 0 Å². The number of methoxy groups -OCH3 is 1. The molecule has 0 heterocycles. The number of anilines is 2. The van der Waals surface area contributed by atoms with Gasteiger partial charge < -0.3 is 20.9 Å². The molecule has 0 radical (unpaired) electrons. The Morgan fingerprint density at radius 3 is 2.45 bits per heavy atom. The van der Waals surface area contributed by atoms with Crippen molar-refractivity contribution in [2.45, 2.75) is 39.2 Å². The topological polar surface area (TPSA) is 84.6 Å². The van der Waals surface area contributed by atoms with Gasteiger partial charge >= 0.3 is 5.97 Å². The second-order valence-corrected chi connectivity index (χ2v) is 5.02. The SMILES string of the molecule is CCC(CC)(CO)Nc1cc(C)c(N)c(C(=O)OC)c1. The first-order valence-corrected chi connectivity index (χ1v) is 6.80. The Kier molecular flexibility index (Phi) is 5.39. The fourth-order valence-electron chi connectivity index (χ4n) is 2.15. The second-order valence-electron chi connectivity index (χ2n) is 5.02. The minimum Gasteiger partial charge on any atom is -0.465 e. The number of aliphatic hydroxyl groups excluding tert-OH is 1. The van der Waals surface area contributed by atoms with Gasteiger partial charge in [-0.25, -0.2) is 4.79 Å². The number of nitrogens with two attached hydrogens (primary N) is 1. The second kappa shape index (κ2) is 6.61. The third kappa shape index (κ3) is 3.22. The molecule has 0 aliphatic rings. The fraction of sp³-hybridized carbons (Fsp3) is 0.533. The summed E-state index contributed by atoms with van der Waals surface area (Å²) < 4.78 is 4.74. The van der Waals surface area contributed by atoms with Crippen LogP contribution in [-0.4, -0.2) is 30.3 Å². The average molecular weight is 280 g/mol. The van der Waals surface area contributed by atoms with Gasteiger partial charge in [0.15, 0.2) is 0 Å². The van der Waals surface area contributed by atoms with Crippen LogP contribution in [0.25, 0.3) is 0 Å². The van der Waals surface area contributed by atoms with Crippen molar-refractivity contribution < 1.29 is 14.6 Å². The van der Waals surface area contributed by atoms with E-state index in [1.54, 1.807) is 6.07 Å². The number of hydrogen-bond donors (Lipinski definition) is 3. The molecule has 0 unspecified atom stereocenters. The Balaban J connectivity index is 3.20. The number of esters is 1. The summed E-state index contributed by atoms with van der Waals surface area (Å²) in [6, 6.07) is 3.54. The number of benzene rings is 1. The van der Waals surface area contributed by atoms with Crippen LogP contribution in [0.3, 0.4) is 0 Å². The number of carbonyl (C=O) groups is 1. The fourth-order valence-corrected chi connectivity index (χ4v) is 2.15. The summed E-state index contributed by atoms with van der Waals surface area (Å²) >= 11 is 0. The quantitative estimate of drug-likeness (QED) is 0.550. The van der Waals surface area contributed by atoms with Crippen LogP contribution in [0.5, 0.6) is 0 Å². The first-order chi connectivity index (χ1) is 9.42. The highest BCUT2D eigenvalue weighted by atomic mass is 16.5. The van der Waals surface area contributed by atoms with E-state index < -0.39 is 11.5 Å². The van der Waals surface area contributed by atoms with Crippen molar-refractivity contribution in [3.8, 4) is 0 Å². The standard InChI is InChI=1S/C15H24N2O3/c1-5-15(6-2,9-18)17-11-7-10(3)13(16)12(8-11)14(19)20-4/h7-8,17-18H,5-6,9,16H2,1-4H3. The summed E-state index contributed by atoms with van der Waals surface area (Å²) in [5.74, 6) is -0.461. The van der Waals surface area contributed by atoms with Crippen molar-refractivity contribution in [3.63, 3.8) is 0 Å². The number of rotatable bonds is 6. The van der Waals surface area contributed by atoms with Gasteiger partial charge in [0.05, 0.1) is 24.8 Å². The highest BCUT2D eigenvalue weighted by Gasteiger charge is 2.25. The van der Waals surface area contributed by atoms with Crippen LogP contribution >= 0.6 is 0 Å². The Hall–Kier alpha value is -1.75. The van der Waals surface area contributed by atoms with Gasteiger partial charge in [-0.15, -0.1) is 0 Å². The summed E-state index contributed by atoms with van der Waals surface area (Å²) in [6.45, 7) is 5.89. The number of aliphatic hydroxyl groups is 1. The van der Waals surface area contributed by atoms with E-state index >= 15 is 0 Å². The molecule has 112 valence electrons. The molecule has 0 aromatic heterocycles. The van der Waals surface area contributed by atoms with E-state index in [-0.39, 0.29) is 6.61 Å². The lowest BCUT2D eigenvalue weighted by Crippen LogP contribution is -2.40. The van der Waals surface area contributed by atoms with Crippen LogP contribution < -0.4 is 11.1 Å². The number of nitrogens with one attached hydrogen (secondary N) is 1. The molecule has 5 nitrogen and oxygen atoms in total. The summed E-state index contributed by atoms with van der Waals surface area (Å²) in [6.07, 6.45) is 1.55. The van der Waals surface area contributed by atoms with Crippen LogP contribution in [0, 0.1) is 6.92 Å². The van der Waals surface area contributed by atoms with Crippen LogP contribution in [0.15, 0.2) is 12.1 Å². The third-order valence-corrected chi connectivity index (χ3v) is 3.86. The lowest BCUT2D eigenvalue weighted by Gasteiger charge is -2.32. The molecule has 0 spiro atoms. The maximum Gasteiger partial charge on any atom is 0.340 e. The minimum absolute atomic E-state index is 0.0248. The molecule has 20 heavy (non-hydrogen) atoms. The predicted molar refractivity (Wildman–Crippen MR) is 81.0 cm³/mol. The summed E-state index contributed by atoms with van der Waals surface area (Å²) in [4.78, 5) is 11.7. The average Bonchev–Trinajstić information content (AvgIpc) is 2.47. The number of ether oxygens (including phenoxy) is 1. The molecule has 5 heteroatoms. The molecule has 0 aliphatic carbocycles. The molecule has 1 aromatic rings. The zero-order valence-electron chi connectivity index (χ0n) is 12.6. The van der Waals surface area contributed by atoms with Crippen LogP contribution in [0.1, 0.15) is 42.6 Å². The van der Waals surface area contributed by atoms with Gasteiger partial charge in [0.1, 0.15) is 0 Å². The maximum absolute atomic E-state index is 11.7. The van der Waals surface area contributed by atoms with Crippen molar-refractivity contribution in [1.82, 2.24) is 0 Å². The van der Waals surface area contributed by atoms with Crippen molar-refractivity contribution in [2.75, 3.05) is 24.8 Å². The Labute approximate surface area is 120 Å². The molecule has 0 saturated carbocycles. The largest absolute Gasteiger partial charge is 0.465 e. The molecular weight excluding hydrogens is 256 g/mol. The number of aryl methyl sites for hydroxylation is 1. The van der Waals surface area contributed by atoms with Gasteiger partial charge in [-0.2, -0.15) is 0 Å². The van der Waals surface area contributed by atoms with Crippen molar-refractivity contribution in [3.05, 3.63) is 23.3 Å². The van der Waals surface area contributed by atoms with E-state index in [1.165, 1.54) is 7.11 Å². The minimum atomic E-state index is -0.461. The highest BCUT2D eigenvalue weighted by Crippen LogP contribution is 2.27. The van der Waals surface area contributed by atoms with Crippen molar-refractivity contribution in [2.24, 2.45) is 0 Å². The predicted octanol–water partition coefficient (Wildman–Crippen LogP) is 2.33. The van der Waals surface area contributed by atoms with Crippen molar-refractivity contribution >= 4 is 17.3 Å². The number of carbonyl (C=O) groups excluding carboxylic acids is 1. The third-order valence-electron chi connectivity index (χ3n) is 3.86. The first kappa shape index (κ1) is 16.3.